The van der Waals surface area contributed by atoms with Crippen molar-refractivity contribution in [3.05, 3.63) is 63.7 Å². The van der Waals surface area contributed by atoms with Crippen LogP contribution in [0.2, 0.25) is 0 Å². The molecule has 2 heterocycles. The van der Waals surface area contributed by atoms with E-state index in [2.05, 4.69) is 15.4 Å². The summed E-state index contributed by atoms with van der Waals surface area (Å²) in [6.45, 7) is 7.21. The van der Waals surface area contributed by atoms with Gasteiger partial charge >= 0.3 is 0 Å². The Morgan fingerprint density at radius 2 is 2.04 bits per heavy atom. The van der Waals surface area contributed by atoms with E-state index in [1.807, 2.05) is 55.8 Å². The van der Waals surface area contributed by atoms with Gasteiger partial charge in [0.2, 0.25) is 0 Å². The summed E-state index contributed by atoms with van der Waals surface area (Å²) >= 11 is 0. The fourth-order valence-corrected chi connectivity index (χ4v) is 2.90. The van der Waals surface area contributed by atoms with Gasteiger partial charge in [-0.3, -0.25) is 14.3 Å². The van der Waals surface area contributed by atoms with E-state index in [1.165, 1.54) is 0 Å². The van der Waals surface area contributed by atoms with Gasteiger partial charge in [0.25, 0.3) is 11.5 Å². The van der Waals surface area contributed by atoms with E-state index in [9.17, 15) is 9.59 Å². The normalized spacial score (nSPS) is 12.3. The van der Waals surface area contributed by atoms with Crippen LogP contribution >= 0.6 is 0 Å². The molecule has 2 N–H and O–H groups in total. The molecule has 1 atom stereocenters. The van der Waals surface area contributed by atoms with E-state index in [0.29, 0.717) is 13.1 Å². The van der Waals surface area contributed by atoms with Crippen molar-refractivity contribution < 1.29 is 4.79 Å². The number of nitrogens with zero attached hydrogens (tertiary/aromatic N) is 2. The van der Waals surface area contributed by atoms with Crippen LogP contribution in [0.4, 0.5) is 0 Å². The van der Waals surface area contributed by atoms with Crippen LogP contribution in [0, 0.1) is 19.8 Å². The summed E-state index contributed by atoms with van der Waals surface area (Å²) in [5, 5.41) is 8.12. The molecule has 0 unspecified atom stereocenters. The molecule has 0 fully saturated rings. The van der Waals surface area contributed by atoms with E-state index in [1.54, 1.807) is 6.07 Å². The van der Waals surface area contributed by atoms with Gasteiger partial charge in [0.1, 0.15) is 5.56 Å². The van der Waals surface area contributed by atoms with E-state index in [0.717, 1.165) is 22.3 Å². The molecule has 130 valence electrons. The molecule has 2 aromatic heterocycles. The van der Waals surface area contributed by atoms with Crippen molar-refractivity contribution in [1.82, 2.24) is 20.1 Å². The number of aryl methyl sites for hydroxylation is 2. The number of aromatic amines is 1. The first-order valence-electron chi connectivity index (χ1n) is 8.35. The van der Waals surface area contributed by atoms with Crippen molar-refractivity contribution in [3.8, 4) is 0 Å². The zero-order valence-corrected chi connectivity index (χ0v) is 14.7. The summed E-state index contributed by atoms with van der Waals surface area (Å²) in [5.41, 5.74) is 2.57. The van der Waals surface area contributed by atoms with Crippen LogP contribution in [0.1, 0.15) is 28.7 Å². The van der Waals surface area contributed by atoms with Crippen molar-refractivity contribution in [2.24, 2.45) is 5.92 Å². The molecule has 0 spiro atoms. The van der Waals surface area contributed by atoms with E-state index < -0.39 is 0 Å². The highest BCUT2D eigenvalue weighted by Crippen LogP contribution is 2.10. The lowest BCUT2D eigenvalue weighted by Crippen LogP contribution is -2.33. The minimum absolute atomic E-state index is 0.136. The third-order valence-electron chi connectivity index (χ3n) is 4.20. The van der Waals surface area contributed by atoms with E-state index in [4.69, 9.17) is 0 Å². The van der Waals surface area contributed by atoms with Crippen LogP contribution in [0.5, 0.6) is 0 Å². The molecule has 0 bridgehead atoms. The molecule has 1 aromatic carbocycles. The molecule has 25 heavy (non-hydrogen) atoms. The highest BCUT2D eigenvalue weighted by atomic mass is 16.2. The Balaban J connectivity index is 1.67. The van der Waals surface area contributed by atoms with Gasteiger partial charge in [0.05, 0.1) is 5.69 Å². The van der Waals surface area contributed by atoms with Gasteiger partial charge in [0, 0.05) is 24.3 Å². The quantitative estimate of drug-likeness (QED) is 0.750. The van der Waals surface area contributed by atoms with Gasteiger partial charge in [0.15, 0.2) is 0 Å². The van der Waals surface area contributed by atoms with Gasteiger partial charge in [-0.25, -0.2) is 0 Å². The number of pyridine rings is 1. The molecule has 3 aromatic rings. The van der Waals surface area contributed by atoms with Gasteiger partial charge in [-0.15, -0.1) is 0 Å². The maximum Gasteiger partial charge on any atom is 0.261 e. The first-order chi connectivity index (χ1) is 11.9. The van der Waals surface area contributed by atoms with Crippen LogP contribution < -0.4 is 10.9 Å². The van der Waals surface area contributed by atoms with Crippen LogP contribution in [-0.2, 0) is 6.54 Å². The first-order valence-corrected chi connectivity index (χ1v) is 8.35. The Hall–Kier alpha value is -2.89. The lowest BCUT2D eigenvalue weighted by molar-refractivity contribution is 0.0945. The molecular weight excluding hydrogens is 316 g/mol. The monoisotopic (exact) mass is 338 g/mol. The zero-order chi connectivity index (χ0) is 18.0. The molecule has 0 aliphatic rings. The molecular formula is C19H22N4O2. The number of benzene rings is 1. The number of para-hydroxylation sites is 1. The van der Waals surface area contributed by atoms with Crippen molar-refractivity contribution in [1.29, 1.82) is 0 Å². The lowest BCUT2D eigenvalue weighted by atomic mass is 10.1. The molecule has 0 aliphatic carbocycles. The molecule has 0 radical (unpaired) electrons. The van der Waals surface area contributed by atoms with Crippen LogP contribution in [0.15, 0.2) is 41.2 Å². The molecule has 0 aliphatic heterocycles. The average Bonchev–Trinajstić information content (AvgIpc) is 2.89. The number of hydrogen-bond acceptors (Lipinski definition) is 3. The van der Waals surface area contributed by atoms with Crippen LogP contribution in [-0.4, -0.2) is 27.2 Å². The maximum atomic E-state index is 12.4. The summed E-state index contributed by atoms with van der Waals surface area (Å²) in [5.74, 6) is -0.159. The topological polar surface area (TPSA) is 79.8 Å². The molecule has 1 amide bonds. The van der Waals surface area contributed by atoms with Crippen molar-refractivity contribution in [2.45, 2.75) is 27.3 Å². The van der Waals surface area contributed by atoms with Crippen LogP contribution in [0.3, 0.4) is 0 Å². The smallest absolute Gasteiger partial charge is 0.261 e. The Morgan fingerprint density at radius 3 is 2.76 bits per heavy atom. The number of hydrogen-bond donors (Lipinski definition) is 2. The second kappa shape index (κ2) is 6.93. The number of carbonyl (C=O) groups is 1. The predicted octanol–water partition coefficient (Wildman–Crippen LogP) is 2.41. The summed E-state index contributed by atoms with van der Waals surface area (Å²) in [6.07, 6.45) is 0. The Morgan fingerprint density at radius 1 is 1.28 bits per heavy atom. The highest BCUT2D eigenvalue weighted by Gasteiger charge is 2.14. The molecule has 6 heteroatoms. The summed E-state index contributed by atoms with van der Waals surface area (Å²) < 4.78 is 1.94. The second-order valence-electron chi connectivity index (χ2n) is 6.52. The van der Waals surface area contributed by atoms with Gasteiger partial charge in [-0.2, -0.15) is 5.10 Å². The molecule has 0 saturated carbocycles. The third kappa shape index (κ3) is 3.79. The van der Waals surface area contributed by atoms with Gasteiger partial charge < -0.3 is 10.3 Å². The van der Waals surface area contributed by atoms with Crippen LogP contribution in [0.25, 0.3) is 10.9 Å². The highest BCUT2D eigenvalue weighted by molar-refractivity contribution is 5.97. The number of H-pyrrole nitrogens is 1. The fraction of sp³-hybridized carbons (Fsp3) is 0.316. The van der Waals surface area contributed by atoms with Crippen molar-refractivity contribution in [3.63, 3.8) is 0 Å². The molecule has 0 saturated heterocycles. The number of amides is 1. The lowest BCUT2D eigenvalue weighted by Gasteiger charge is -2.14. The standard InChI is InChI=1S/C19H22N4O2/c1-12(11-23-14(3)8-13(2)22-23)10-20-18(24)16-9-15-6-4-5-7-17(15)21-19(16)25/h4-9,12H,10-11H2,1-3H3,(H,20,24)(H,21,25)/t12-/m0/s1. The number of fused-ring (bicyclic) bond motifs is 1. The first kappa shape index (κ1) is 17.0. The number of nitrogens with one attached hydrogen (secondary N) is 2. The number of rotatable bonds is 5. The molecule has 6 nitrogen and oxygen atoms in total. The predicted molar refractivity (Wildman–Crippen MR) is 97.8 cm³/mol. The fourth-order valence-electron chi connectivity index (χ4n) is 2.90. The summed E-state index contributed by atoms with van der Waals surface area (Å²) in [4.78, 5) is 27.3. The maximum absolute atomic E-state index is 12.4. The largest absolute Gasteiger partial charge is 0.352 e. The summed E-state index contributed by atoms with van der Waals surface area (Å²) in [6, 6.07) is 11.1. The van der Waals surface area contributed by atoms with Crippen molar-refractivity contribution in [2.75, 3.05) is 6.54 Å². The van der Waals surface area contributed by atoms with Crippen molar-refractivity contribution >= 4 is 16.8 Å². The number of aromatic nitrogens is 3. The second-order valence-corrected chi connectivity index (χ2v) is 6.52. The Bertz CT molecular complexity index is 971. The Labute approximate surface area is 145 Å². The third-order valence-corrected chi connectivity index (χ3v) is 4.20. The number of carbonyl (C=O) groups excluding carboxylic acids is 1. The zero-order valence-electron chi connectivity index (χ0n) is 14.7. The van der Waals surface area contributed by atoms with E-state index >= 15 is 0 Å². The summed E-state index contributed by atoms with van der Waals surface area (Å²) in [7, 11) is 0. The minimum atomic E-state index is -0.373. The average molecular weight is 338 g/mol. The minimum Gasteiger partial charge on any atom is -0.352 e. The van der Waals surface area contributed by atoms with Gasteiger partial charge in [-0.1, -0.05) is 25.1 Å². The SMILES string of the molecule is Cc1cc(C)n(C[C@@H](C)CNC(=O)c2cc3ccccc3[nH]c2=O)n1. The molecule has 3 rings (SSSR count). The van der Waals surface area contributed by atoms with E-state index in [-0.39, 0.29) is 22.9 Å². The van der Waals surface area contributed by atoms with Gasteiger partial charge in [-0.05, 0) is 43.4 Å². The Kier molecular flexibility index (Phi) is 4.70.